The number of benzene rings is 3. The van der Waals surface area contributed by atoms with Crippen LogP contribution in [0.3, 0.4) is 0 Å². The fourth-order valence-corrected chi connectivity index (χ4v) is 8.35. The number of halogens is 2. The second-order valence-electron chi connectivity index (χ2n) is 7.69. The summed E-state index contributed by atoms with van der Waals surface area (Å²) in [6.45, 7) is -0.347. The lowest BCUT2D eigenvalue weighted by molar-refractivity contribution is -0.385. The molecule has 0 saturated carbocycles. The minimum absolute atomic E-state index is 0.0615. The van der Waals surface area contributed by atoms with Crippen LogP contribution in [0.15, 0.2) is 86.3 Å². The lowest BCUT2D eigenvalue weighted by atomic mass is 10.3. The van der Waals surface area contributed by atoms with Crippen LogP contribution >= 0.6 is 35.0 Å². The Labute approximate surface area is 222 Å². The van der Waals surface area contributed by atoms with Gasteiger partial charge in [0.15, 0.2) is 0 Å². The standard InChI is InChI=1S/C22H19Cl2N3O6S3/c23-16-6-8-19(24)21(14-16)34-20-9-7-17(27(28)29)15-22(20)36(32,33)26-12-10-25(11-13-26)35(30,31)18-4-2-1-3-5-18/h1-9,14-15H,10-13H2. The molecule has 3 aromatic carbocycles. The van der Waals surface area contributed by atoms with E-state index in [-0.39, 0.29) is 46.6 Å². The van der Waals surface area contributed by atoms with Gasteiger partial charge >= 0.3 is 0 Å². The topological polar surface area (TPSA) is 118 Å². The van der Waals surface area contributed by atoms with Gasteiger partial charge in [0, 0.05) is 53.1 Å². The Bertz CT molecular complexity index is 1510. The SMILES string of the molecule is O=[N+]([O-])c1ccc(Sc2cc(Cl)ccc2Cl)c(S(=O)(=O)N2CCN(S(=O)(=O)c3ccccc3)CC2)c1. The Balaban J connectivity index is 1.64. The van der Waals surface area contributed by atoms with Gasteiger partial charge in [-0.15, -0.1) is 0 Å². The van der Waals surface area contributed by atoms with Crippen molar-refractivity contribution in [3.05, 3.63) is 86.9 Å². The van der Waals surface area contributed by atoms with Gasteiger partial charge in [0.1, 0.15) is 4.90 Å². The summed E-state index contributed by atoms with van der Waals surface area (Å²) in [6, 6.07) is 16.2. The smallest absolute Gasteiger partial charge is 0.258 e. The van der Waals surface area contributed by atoms with Crippen LogP contribution in [0, 0.1) is 10.1 Å². The molecule has 1 heterocycles. The maximum absolute atomic E-state index is 13.6. The molecule has 1 aliphatic rings. The third-order valence-electron chi connectivity index (χ3n) is 5.45. The molecule has 0 N–H and O–H groups in total. The molecule has 0 unspecified atom stereocenters. The van der Waals surface area contributed by atoms with E-state index in [1.165, 1.54) is 28.6 Å². The molecule has 0 aromatic heterocycles. The van der Waals surface area contributed by atoms with Crippen molar-refractivity contribution < 1.29 is 21.8 Å². The molecule has 4 rings (SSSR count). The normalized spacial score (nSPS) is 15.6. The average molecular weight is 589 g/mol. The molecule has 190 valence electrons. The van der Waals surface area contributed by atoms with Crippen molar-refractivity contribution in [2.45, 2.75) is 19.6 Å². The summed E-state index contributed by atoms with van der Waals surface area (Å²) in [5, 5.41) is 12.1. The van der Waals surface area contributed by atoms with Crippen molar-refractivity contribution in [2.75, 3.05) is 26.2 Å². The number of non-ortho nitro benzene ring substituents is 1. The van der Waals surface area contributed by atoms with E-state index in [1.807, 2.05) is 0 Å². The summed E-state index contributed by atoms with van der Waals surface area (Å²) in [5.41, 5.74) is -0.389. The van der Waals surface area contributed by atoms with Crippen LogP contribution in [0.4, 0.5) is 5.69 Å². The van der Waals surface area contributed by atoms with Gasteiger partial charge in [0.2, 0.25) is 20.0 Å². The quantitative estimate of drug-likeness (QED) is 0.289. The number of sulfonamides is 2. The first-order chi connectivity index (χ1) is 17.0. The lowest BCUT2D eigenvalue weighted by Crippen LogP contribution is -2.50. The van der Waals surface area contributed by atoms with Crippen LogP contribution in [-0.4, -0.2) is 56.5 Å². The van der Waals surface area contributed by atoms with E-state index >= 15 is 0 Å². The minimum atomic E-state index is -4.21. The molecule has 1 fully saturated rings. The number of hydrogen-bond donors (Lipinski definition) is 0. The van der Waals surface area contributed by atoms with Crippen LogP contribution in [-0.2, 0) is 20.0 Å². The van der Waals surface area contributed by atoms with Crippen molar-refractivity contribution in [1.29, 1.82) is 0 Å². The Kier molecular flexibility index (Phi) is 7.95. The van der Waals surface area contributed by atoms with Crippen molar-refractivity contribution in [3.8, 4) is 0 Å². The Morgan fingerprint density at radius 1 is 0.778 bits per heavy atom. The predicted octanol–water partition coefficient (Wildman–Crippen LogP) is 4.75. The van der Waals surface area contributed by atoms with E-state index in [4.69, 9.17) is 23.2 Å². The zero-order valence-electron chi connectivity index (χ0n) is 18.5. The summed E-state index contributed by atoms with van der Waals surface area (Å²) in [4.78, 5) is 11.3. The molecule has 3 aromatic rings. The highest BCUT2D eigenvalue weighted by atomic mass is 35.5. The minimum Gasteiger partial charge on any atom is -0.258 e. The molecule has 0 atom stereocenters. The average Bonchev–Trinajstić information content (AvgIpc) is 2.87. The molecule has 0 bridgehead atoms. The lowest BCUT2D eigenvalue weighted by Gasteiger charge is -2.33. The number of piperazine rings is 1. The monoisotopic (exact) mass is 587 g/mol. The largest absolute Gasteiger partial charge is 0.270 e. The van der Waals surface area contributed by atoms with E-state index in [2.05, 4.69) is 0 Å². The van der Waals surface area contributed by atoms with Gasteiger partial charge in [-0.25, -0.2) is 16.8 Å². The van der Waals surface area contributed by atoms with Crippen molar-refractivity contribution >= 4 is 60.7 Å². The first-order valence-corrected chi connectivity index (χ1v) is 14.9. The van der Waals surface area contributed by atoms with Gasteiger partial charge in [0.25, 0.3) is 5.69 Å². The third kappa shape index (κ3) is 5.54. The van der Waals surface area contributed by atoms with E-state index in [0.717, 1.165) is 22.1 Å². The van der Waals surface area contributed by atoms with Gasteiger partial charge in [-0.2, -0.15) is 8.61 Å². The molecule has 0 amide bonds. The summed E-state index contributed by atoms with van der Waals surface area (Å²) in [5.74, 6) is 0. The first-order valence-electron chi connectivity index (χ1n) is 10.5. The number of nitro benzene ring substituents is 1. The second-order valence-corrected chi connectivity index (χ2v) is 13.5. The maximum atomic E-state index is 13.6. The van der Waals surface area contributed by atoms with E-state index < -0.39 is 25.0 Å². The van der Waals surface area contributed by atoms with E-state index in [1.54, 1.807) is 36.4 Å². The summed E-state index contributed by atoms with van der Waals surface area (Å²) >= 11 is 13.3. The number of hydrogen-bond acceptors (Lipinski definition) is 7. The molecular formula is C22H19Cl2N3O6S3. The highest BCUT2D eigenvalue weighted by Crippen LogP contribution is 2.40. The van der Waals surface area contributed by atoms with Gasteiger partial charge in [-0.3, -0.25) is 10.1 Å². The molecule has 36 heavy (non-hydrogen) atoms. The molecule has 0 aliphatic carbocycles. The van der Waals surface area contributed by atoms with Crippen LogP contribution in [0.2, 0.25) is 10.0 Å². The van der Waals surface area contributed by atoms with Gasteiger partial charge in [-0.1, -0.05) is 53.2 Å². The van der Waals surface area contributed by atoms with Gasteiger partial charge in [0.05, 0.1) is 14.8 Å². The molecule has 1 aliphatic heterocycles. The predicted molar refractivity (Wildman–Crippen MR) is 138 cm³/mol. The Morgan fingerprint density at radius 2 is 1.39 bits per heavy atom. The van der Waals surface area contributed by atoms with E-state index in [9.17, 15) is 26.9 Å². The molecule has 1 saturated heterocycles. The van der Waals surface area contributed by atoms with Crippen LogP contribution in [0.1, 0.15) is 0 Å². The maximum Gasteiger partial charge on any atom is 0.270 e. The molecule has 0 spiro atoms. The van der Waals surface area contributed by atoms with Gasteiger partial charge in [-0.05, 0) is 36.4 Å². The van der Waals surface area contributed by atoms with Crippen LogP contribution in [0.25, 0.3) is 0 Å². The van der Waals surface area contributed by atoms with Crippen molar-refractivity contribution in [2.24, 2.45) is 0 Å². The fraction of sp³-hybridized carbons (Fsp3) is 0.182. The Morgan fingerprint density at radius 3 is 2.00 bits per heavy atom. The third-order valence-corrected chi connectivity index (χ3v) is 11.2. The number of nitro groups is 1. The van der Waals surface area contributed by atoms with Crippen LogP contribution in [0.5, 0.6) is 0 Å². The fourth-order valence-electron chi connectivity index (χ4n) is 3.60. The molecule has 9 nitrogen and oxygen atoms in total. The van der Waals surface area contributed by atoms with Crippen molar-refractivity contribution in [1.82, 2.24) is 8.61 Å². The van der Waals surface area contributed by atoms with Crippen LogP contribution < -0.4 is 0 Å². The number of rotatable bonds is 7. The zero-order valence-corrected chi connectivity index (χ0v) is 22.4. The Hall–Kier alpha value is -2.19. The zero-order chi connectivity index (χ0) is 26.1. The van der Waals surface area contributed by atoms with E-state index in [0.29, 0.717) is 14.9 Å². The highest BCUT2D eigenvalue weighted by molar-refractivity contribution is 8.00. The second kappa shape index (κ2) is 10.7. The highest BCUT2D eigenvalue weighted by Gasteiger charge is 2.35. The summed E-state index contributed by atoms with van der Waals surface area (Å²) in [7, 11) is -7.99. The number of nitrogens with zero attached hydrogens (tertiary/aromatic N) is 3. The summed E-state index contributed by atoms with van der Waals surface area (Å²) < 4.78 is 55.4. The molecule has 14 heteroatoms. The molecular weight excluding hydrogens is 569 g/mol. The van der Waals surface area contributed by atoms with Crippen molar-refractivity contribution in [3.63, 3.8) is 0 Å². The molecule has 0 radical (unpaired) electrons. The van der Waals surface area contributed by atoms with Gasteiger partial charge < -0.3 is 0 Å². The summed E-state index contributed by atoms with van der Waals surface area (Å²) in [6.07, 6.45) is 0. The first kappa shape index (κ1) is 26.9.